The van der Waals surface area contributed by atoms with Gasteiger partial charge in [-0.2, -0.15) is 0 Å². The molecule has 0 radical (unpaired) electrons. The Kier molecular flexibility index (Phi) is 4.20. The monoisotopic (exact) mass is 348 g/mol. The van der Waals surface area contributed by atoms with E-state index in [1.54, 1.807) is 4.90 Å². The van der Waals surface area contributed by atoms with Crippen LogP contribution in [0, 0.1) is 20.8 Å². The second-order valence-electron chi connectivity index (χ2n) is 6.72. The fraction of sp³-hybridized carbons (Fsp3) is 0.500. The minimum absolute atomic E-state index is 0.0733. The van der Waals surface area contributed by atoms with Crippen molar-refractivity contribution in [2.45, 2.75) is 40.2 Å². The number of carbonyl (C=O) groups is 1. The third-order valence-electron chi connectivity index (χ3n) is 5.09. The maximum atomic E-state index is 13.1. The summed E-state index contributed by atoms with van der Waals surface area (Å²) in [6.07, 6.45) is 0.527. The van der Waals surface area contributed by atoms with Crippen LogP contribution in [-0.2, 0) is 9.84 Å². The lowest BCUT2D eigenvalue weighted by atomic mass is 10.0. The number of rotatable bonds is 3. The number of hydrogen-bond acceptors (Lipinski definition) is 3. The van der Waals surface area contributed by atoms with E-state index in [9.17, 15) is 13.2 Å². The number of nitrogens with zero attached hydrogens (tertiary/aromatic N) is 1. The summed E-state index contributed by atoms with van der Waals surface area (Å²) in [6.45, 7) is 8.42. The zero-order chi connectivity index (χ0) is 17.6. The molecule has 1 aliphatic rings. The van der Waals surface area contributed by atoms with Crippen LogP contribution in [0.4, 0.5) is 0 Å². The van der Waals surface area contributed by atoms with Crippen molar-refractivity contribution in [2.24, 2.45) is 0 Å². The molecule has 1 atom stereocenters. The number of aromatic amines is 1. The molecule has 6 heteroatoms. The van der Waals surface area contributed by atoms with Gasteiger partial charge < -0.3 is 9.88 Å². The van der Waals surface area contributed by atoms with Crippen LogP contribution >= 0.6 is 0 Å². The normalized spacial score (nSPS) is 19.8. The van der Waals surface area contributed by atoms with Gasteiger partial charge in [-0.15, -0.1) is 0 Å². The van der Waals surface area contributed by atoms with Crippen LogP contribution in [0.3, 0.4) is 0 Å². The first-order chi connectivity index (χ1) is 11.2. The molecule has 1 aromatic heterocycles. The molecule has 3 rings (SSSR count). The number of benzene rings is 1. The molecular formula is C18H24N2O3S. The largest absolute Gasteiger partial charge is 0.350 e. The molecular weight excluding hydrogens is 324 g/mol. The molecule has 0 saturated carbocycles. The van der Waals surface area contributed by atoms with Gasteiger partial charge in [0.05, 0.1) is 11.5 Å². The third-order valence-corrected chi connectivity index (χ3v) is 6.84. The van der Waals surface area contributed by atoms with E-state index in [0.717, 1.165) is 27.6 Å². The van der Waals surface area contributed by atoms with Crippen molar-refractivity contribution in [3.8, 4) is 0 Å². The molecule has 2 aromatic rings. The lowest BCUT2D eigenvalue weighted by Crippen LogP contribution is -2.41. The average molecular weight is 348 g/mol. The van der Waals surface area contributed by atoms with Gasteiger partial charge in [0.25, 0.3) is 5.91 Å². The summed E-state index contributed by atoms with van der Waals surface area (Å²) < 4.78 is 23.5. The minimum Gasteiger partial charge on any atom is -0.350 e. The highest BCUT2D eigenvalue weighted by molar-refractivity contribution is 7.91. The lowest BCUT2D eigenvalue weighted by molar-refractivity contribution is 0.0702. The second-order valence-corrected chi connectivity index (χ2v) is 8.95. The zero-order valence-corrected chi connectivity index (χ0v) is 15.5. The van der Waals surface area contributed by atoms with E-state index in [1.165, 1.54) is 0 Å². The number of carbonyl (C=O) groups excluding carboxylic acids is 1. The first-order valence-electron chi connectivity index (χ1n) is 8.35. The highest BCUT2D eigenvalue weighted by Gasteiger charge is 2.35. The van der Waals surface area contributed by atoms with Crippen molar-refractivity contribution < 1.29 is 13.2 Å². The number of fused-ring (bicyclic) bond motifs is 1. The summed E-state index contributed by atoms with van der Waals surface area (Å²) >= 11 is 0. The number of nitrogens with one attached hydrogen (secondary N) is 1. The van der Waals surface area contributed by atoms with Gasteiger partial charge in [0, 0.05) is 23.5 Å². The van der Waals surface area contributed by atoms with Crippen molar-refractivity contribution in [1.82, 2.24) is 9.88 Å². The predicted octanol–water partition coefficient (Wildman–Crippen LogP) is 2.74. The van der Waals surface area contributed by atoms with Gasteiger partial charge in [-0.05, 0) is 50.8 Å². The van der Waals surface area contributed by atoms with Gasteiger partial charge in [-0.3, -0.25) is 4.79 Å². The van der Waals surface area contributed by atoms with Crippen molar-refractivity contribution >= 4 is 26.6 Å². The molecule has 1 amide bonds. The molecule has 0 bridgehead atoms. The maximum absolute atomic E-state index is 13.1. The molecule has 1 N–H and O–H groups in total. The fourth-order valence-electron chi connectivity index (χ4n) is 3.75. The molecule has 1 aromatic carbocycles. The highest BCUT2D eigenvalue weighted by Crippen LogP contribution is 2.29. The Hall–Kier alpha value is -1.82. The molecule has 1 aliphatic heterocycles. The molecule has 0 unspecified atom stereocenters. The molecule has 24 heavy (non-hydrogen) atoms. The standard InChI is InChI=1S/C18H24N2O3S/c1-5-20(14-8-9-24(22,23)10-14)18(21)17-13(4)15-11(2)6-7-12(3)16(15)19-17/h6-7,14,19H,5,8-10H2,1-4H3/t14-/m1/s1. The SMILES string of the molecule is CCN(C(=O)c1[nH]c2c(C)ccc(C)c2c1C)[C@@H]1CCS(=O)(=O)C1. The summed E-state index contributed by atoms with van der Waals surface area (Å²) in [5, 5.41) is 1.09. The molecule has 0 spiro atoms. The highest BCUT2D eigenvalue weighted by atomic mass is 32.2. The van der Waals surface area contributed by atoms with E-state index in [1.807, 2.05) is 33.8 Å². The summed E-state index contributed by atoms with van der Waals surface area (Å²) in [7, 11) is -3.02. The first-order valence-corrected chi connectivity index (χ1v) is 10.2. The Morgan fingerprint density at radius 3 is 2.46 bits per heavy atom. The second kappa shape index (κ2) is 5.92. The quantitative estimate of drug-likeness (QED) is 0.927. The Bertz CT molecular complexity index is 912. The fourth-order valence-corrected chi connectivity index (χ4v) is 5.48. The average Bonchev–Trinajstić information content (AvgIpc) is 3.05. The number of sulfone groups is 1. The number of aromatic nitrogens is 1. The number of aryl methyl sites for hydroxylation is 3. The van der Waals surface area contributed by atoms with E-state index < -0.39 is 9.84 Å². The summed E-state index contributed by atoms with van der Waals surface area (Å²) in [5.74, 6) is 0.141. The van der Waals surface area contributed by atoms with Crippen LogP contribution in [-0.4, -0.2) is 48.3 Å². The van der Waals surface area contributed by atoms with Gasteiger partial charge in [0.2, 0.25) is 0 Å². The van der Waals surface area contributed by atoms with Crippen molar-refractivity contribution in [3.63, 3.8) is 0 Å². The van der Waals surface area contributed by atoms with E-state index in [-0.39, 0.29) is 23.5 Å². The zero-order valence-electron chi connectivity index (χ0n) is 14.6. The van der Waals surface area contributed by atoms with E-state index in [0.29, 0.717) is 18.7 Å². The lowest BCUT2D eigenvalue weighted by Gasteiger charge is -2.26. The van der Waals surface area contributed by atoms with E-state index in [2.05, 4.69) is 11.1 Å². The van der Waals surface area contributed by atoms with Gasteiger partial charge in [-0.25, -0.2) is 8.42 Å². The van der Waals surface area contributed by atoms with E-state index >= 15 is 0 Å². The predicted molar refractivity (Wildman–Crippen MR) is 96.3 cm³/mol. The van der Waals surface area contributed by atoms with Crippen LogP contribution < -0.4 is 0 Å². The van der Waals surface area contributed by atoms with Gasteiger partial charge in [0.15, 0.2) is 9.84 Å². The Morgan fingerprint density at radius 2 is 1.92 bits per heavy atom. The smallest absolute Gasteiger partial charge is 0.270 e. The molecule has 1 saturated heterocycles. The van der Waals surface area contributed by atoms with Crippen molar-refractivity contribution in [1.29, 1.82) is 0 Å². The van der Waals surface area contributed by atoms with Crippen molar-refractivity contribution in [3.05, 3.63) is 34.5 Å². The van der Waals surface area contributed by atoms with E-state index in [4.69, 9.17) is 0 Å². The van der Waals surface area contributed by atoms with Gasteiger partial charge in [-0.1, -0.05) is 12.1 Å². The molecule has 130 valence electrons. The van der Waals surface area contributed by atoms with Crippen LogP contribution in [0.5, 0.6) is 0 Å². The Labute approximate surface area is 143 Å². The Balaban J connectivity index is 2.03. The van der Waals surface area contributed by atoms with Gasteiger partial charge >= 0.3 is 0 Å². The molecule has 1 fully saturated rings. The Morgan fingerprint density at radius 1 is 1.25 bits per heavy atom. The van der Waals surface area contributed by atoms with Crippen LogP contribution in [0.1, 0.15) is 40.5 Å². The van der Waals surface area contributed by atoms with Gasteiger partial charge in [0.1, 0.15) is 5.69 Å². The number of H-pyrrole nitrogens is 1. The third kappa shape index (κ3) is 2.73. The van der Waals surface area contributed by atoms with Crippen LogP contribution in [0.2, 0.25) is 0 Å². The molecule has 2 heterocycles. The summed E-state index contributed by atoms with van der Waals surface area (Å²) in [6, 6.07) is 3.89. The summed E-state index contributed by atoms with van der Waals surface area (Å²) in [4.78, 5) is 18.1. The molecule has 5 nitrogen and oxygen atoms in total. The number of hydrogen-bond donors (Lipinski definition) is 1. The topological polar surface area (TPSA) is 70.2 Å². The van der Waals surface area contributed by atoms with Crippen molar-refractivity contribution in [2.75, 3.05) is 18.1 Å². The number of amides is 1. The maximum Gasteiger partial charge on any atom is 0.270 e. The molecule has 0 aliphatic carbocycles. The van der Waals surface area contributed by atoms with Crippen LogP contribution in [0.25, 0.3) is 10.9 Å². The van der Waals surface area contributed by atoms with Crippen LogP contribution in [0.15, 0.2) is 12.1 Å². The minimum atomic E-state index is -3.02. The summed E-state index contributed by atoms with van der Waals surface area (Å²) in [5.41, 5.74) is 4.74. The first kappa shape index (κ1) is 17.0.